The largest absolute Gasteiger partial charge is 0.303 e. The normalized spacial score (nSPS) is 16.5. The first-order chi connectivity index (χ1) is 13.0. The number of hydrogen-bond donors (Lipinski definition) is 1. The minimum atomic E-state index is -3.52. The Hall–Kier alpha value is -1.76. The highest BCUT2D eigenvalue weighted by Crippen LogP contribution is 2.18. The summed E-state index contributed by atoms with van der Waals surface area (Å²) in [5.74, 6) is -0.446. The molecule has 0 bridgehead atoms. The van der Waals surface area contributed by atoms with Crippen molar-refractivity contribution >= 4 is 10.0 Å². The number of nitrogens with zero attached hydrogens (tertiary/aromatic N) is 1. The molecular weight excluding hydrogens is 363 g/mol. The third kappa shape index (κ3) is 6.41. The van der Waals surface area contributed by atoms with Crippen LogP contribution in [0.15, 0.2) is 54.6 Å². The number of rotatable bonds is 8. The zero-order valence-electron chi connectivity index (χ0n) is 15.5. The molecule has 1 aliphatic heterocycles. The number of hydrogen-bond acceptors (Lipinski definition) is 3. The molecule has 4 nitrogen and oxygen atoms in total. The summed E-state index contributed by atoms with van der Waals surface area (Å²) < 4.78 is 40.8. The van der Waals surface area contributed by atoms with E-state index in [-0.39, 0.29) is 11.3 Å². The van der Waals surface area contributed by atoms with Gasteiger partial charge in [0.05, 0.1) is 5.75 Å². The number of sulfonamides is 1. The minimum absolute atomic E-state index is 0.209. The third-order valence-corrected chi connectivity index (χ3v) is 6.46. The molecule has 1 aliphatic rings. The van der Waals surface area contributed by atoms with Crippen LogP contribution in [0, 0.1) is 11.7 Å². The van der Waals surface area contributed by atoms with Crippen molar-refractivity contribution in [2.75, 3.05) is 26.2 Å². The van der Waals surface area contributed by atoms with Crippen molar-refractivity contribution in [2.45, 2.75) is 25.0 Å². The van der Waals surface area contributed by atoms with Crippen molar-refractivity contribution in [3.05, 3.63) is 71.5 Å². The van der Waals surface area contributed by atoms with E-state index in [1.807, 2.05) is 6.07 Å². The van der Waals surface area contributed by atoms with E-state index in [4.69, 9.17) is 0 Å². The maximum Gasteiger partial charge on any atom is 0.215 e. The fraction of sp³-hybridized carbons (Fsp3) is 0.429. The fourth-order valence-electron chi connectivity index (χ4n) is 3.46. The molecular formula is C21H27FN2O2S. The van der Waals surface area contributed by atoms with Gasteiger partial charge in [-0.25, -0.2) is 17.5 Å². The molecule has 3 rings (SSSR count). The molecule has 2 aromatic rings. The van der Waals surface area contributed by atoms with Crippen molar-refractivity contribution < 1.29 is 12.8 Å². The predicted octanol–water partition coefficient (Wildman–Crippen LogP) is 3.20. The van der Waals surface area contributed by atoms with Crippen LogP contribution in [-0.2, 0) is 22.2 Å². The number of likely N-dealkylation sites (tertiary alicyclic amines) is 1. The molecule has 1 saturated heterocycles. The van der Waals surface area contributed by atoms with Crippen LogP contribution >= 0.6 is 0 Å². The topological polar surface area (TPSA) is 49.4 Å². The van der Waals surface area contributed by atoms with Gasteiger partial charge in [-0.2, -0.15) is 0 Å². The first-order valence-corrected chi connectivity index (χ1v) is 11.1. The molecule has 0 radical (unpaired) electrons. The van der Waals surface area contributed by atoms with Gasteiger partial charge in [-0.15, -0.1) is 0 Å². The van der Waals surface area contributed by atoms with Crippen LogP contribution in [0.25, 0.3) is 0 Å². The highest BCUT2D eigenvalue weighted by Gasteiger charge is 2.21. The third-order valence-electron chi connectivity index (χ3n) is 5.16. The highest BCUT2D eigenvalue weighted by atomic mass is 32.2. The van der Waals surface area contributed by atoms with Crippen molar-refractivity contribution in [3.8, 4) is 0 Å². The van der Waals surface area contributed by atoms with Gasteiger partial charge in [-0.1, -0.05) is 48.5 Å². The lowest BCUT2D eigenvalue weighted by atomic mass is 9.97. The van der Waals surface area contributed by atoms with Gasteiger partial charge in [0, 0.05) is 18.7 Å². The van der Waals surface area contributed by atoms with Gasteiger partial charge in [0.1, 0.15) is 5.82 Å². The maximum absolute atomic E-state index is 13.7. The molecule has 146 valence electrons. The standard InChI is InChI=1S/C21H27FN2O2S/c22-21-9-5-4-8-20(21)17-27(25,26)23-16-19-11-14-24(15-12-19)13-10-18-6-2-1-3-7-18/h1-9,19,23H,10-17H2. The van der Waals surface area contributed by atoms with Crippen LogP contribution in [-0.4, -0.2) is 39.5 Å². The van der Waals surface area contributed by atoms with Crippen LogP contribution in [0.4, 0.5) is 4.39 Å². The summed E-state index contributed by atoms with van der Waals surface area (Å²) in [6.07, 6.45) is 3.01. The Bertz CT molecular complexity index is 819. The molecule has 0 saturated carbocycles. The number of benzene rings is 2. The SMILES string of the molecule is O=S(=O)(Cc1ccccc1F)NCC1CCN(CCc2ccccc2)CC1. The Labute approximate surface area is 161 Å². The smallest absolute Gasteiger partial charge is 0.215 e. The Kier molecular flexibility index (Phi) is 6.99. The first-order valence-electron chi connectivity index (χ1n) is 9.49. The molecule has 0 spiro atoms. The molecule has 0 amide bonds. The fourth-order valence-corrected chi connectivity index (χ4v) is 4.70. The van der Waals surface area contributed by atoms with E-state index in [2.05, 4.69) is 33.9 Å². The molecule has 1 fully saturated rings. The average Bonchev–Trinajstić information content (AvgIpc) is 2.68. The minimum Gasteiger partial charge on any atom is -0.303 e. The van der Waals surface area contributed by atoms with Crippen LogP contribution in [0.2, 0.25) is 0 Å². The van der Waals surface area contributed by atoms with E-state index in [1.165, 1.54) is 17.7 Å². The van der Waals surface area contributed by atoms with E-state index in [9.17, 15) is 12.8 Å². The van der Waals surface area contributed by atoms with Gasteiger partial charge in [-0.05, 0) is 49.9 Å². The van der Waals surface area contributed by atoms with Gasteiger partial charge in [0.15, 0.2) is 0 Å². The first kappa shape index (κ1) is 20.0. The monoisotopic (exact) mass is 390 g/mol. The molecule has 0 unspecified atom stereocenters. The van der Waals surface area contributed by atoms with Crippen LogP contribution in [0.5, 0.6) is 0 Å². The van der Waals surface area contributed by atoms with E-state index in [1.54, 1.807) is 12.1 Å². The molecule has 1 heterocycles. The number of halogens is 1. The predicted molar refractivity (Wildman–Crippen MR) is 106 cm³/mol. The van der Waals surface area contributed by atoms with E-state index >= 15 is 0 Å². The second-order valence-electron chi connectivity index (χ2n) is 7.22. The molecule has 0 aromatic heterocycles. The van der Waals surface area contributed by atoms with Crippen LogP contribution < -0.4 is 4.72 Å². The van der Waals surface area contributed by atoms with Crippen molar-refractivity contribution in [2.24, 2.45) is 5.92 Å². The summed E-state index contributed by atoms with van der Waals surface area (Å²) in [5.41, 5.74) is 1.56. The average molecular weight is 391 g/mol. The quantitative estimate of drug-likeness (QED) is 0.753. The second-order valence-corrected chi connectivity index (χ2v) is 9.03. The van der Waals surface area contributed by atoms with Crippen LogP contribution in [0.1, 0.15) is 24.0 Å². The summed E-state index contributed by atoms with van der Waals surface area (Å²) >= 11 is 0. The van der Waals surface area contributed by atoms with Crippen LogP contribution in [0.3, 0.4) is 0 Å². The van der Waals surface area contributed by atoms with Gasteiger partial charge < -0.3 is 4.90 Å². The molecule has 2 aromatic carbocycles. The highest BCUT2D eigenvalue weighted by molar-refractivity contribution is 7.88. The molecule has 1 N–H and O–H groups in total. The zero-order valence-corrected chi connectivity index (χ0v) is 16.3. The molecule has 27 heavy (non-hydrogen) atoms. The lowest BCUT2D eigenvalue weighted by Gasteiger charge is -2.32. The summed E-state index contributed by atoms with van der Waals surface area (Å²) in [5, 5.41) is 0. The van der Waals surface area contributed by atoms with Gasteiger partial charge in [0.25, 0.3) is 0 Å². The van der Waals surface area contributed by atoms with Crippen molar-refractivity contribution in [1.29, 1.82) is 0 Å². The van der Waals surface area contributed by atoms with E-state index < -0.39 is 15.8 Å². The Morgan fingerprint density at radius 3 is 2.37 bits per heavy atom. The zero-order chi connectivity index (χ0) is 19.1. The summed E-state index contributed by atoms with van der Waals surface area (Å²) in [6.45, 7) is 3.46. The summed E-state index contributed by atoms with van der Waals surface area (Å²) in [6, 6.07) is 16.5. The Balaban J connectivity index is 1.39. The van der Waals surface area contributed by atoms with Gasteiger partial charge in [0.2, 0.25) is 10.0 Å². The summed E-state index contributed by atoms with van der Waals surface area (Å²) in [7, 11) is -3.52. The second kappa shape index (κ2) is 9.44. The Morgan fingerprint density at radius 2 is 1.67 bits per heavy atom. The number of piperidine rings is 1. The van der Waals surface area contributed by atoms with Gasteiger partial charge in [-0.3, -0.25) is 0 Å². The summed E-state index contributed by atoms with van der Waals surface area (Å²) in [4.78, 5) is 2.44. The Morgan fingerprint density at radius 1 is 1.00 bits per heavy atom. The molecule has 0 atom stereocenters. The molecule has 0 aliphatic carbocycles. The van der Waals surface area contributed by atoms with Gasteiger partial charge >= 0.3 is 0 Å². The van der Waals surface area contributed by atoms with Crippen molar-refractivity contribution in [1.82, 2.24) is 9.62 Å². The lowest BCUT2D eigenvalue weighted by molar-refractivity contribution is 0.187. The number of nitrogens with one attached hydrogen (secondary N) is 1. The maximum atomic E-state index is 13.7. The van der Waals surface area contributed by atoms with Crippen molar-refractivity contribution in [3.63, 3.8) is 0 Å². The van der Waals surface area contributed by atoms with E-state index in [0.29, 0.717) is 12.5 Å². The van der Waals surface area contributed by atoms with E-state index in [0.717, 1.165) is 38.9 Å². The molecule has 6 heteroatoms. The lowest BCUT2D eigenvalue weighted by Crippen LogP contribution is -2.39.